The zero-order valence-electron chi connectivity index (χ0n) is 14.8. The highest BCUT2D eigenvalue weighted by Crippen LogP contribution is 2.29. The van der Waals surface area contributed by atoms with Crippen molar-refractivity contribution in [3.63, 3.8) is 0 Å². The number of amides is 1. The van der Waals surface area contributed by atoms with Gasteiger partial charge in [0.15, 0.2) is 0 Å². The molecule has 26 heavy (non-hydrogen) atoms. The van der Waals surface area contributed by atoms with E-state index in [0.29, 0.717) is 18.7 Å². The lowest BCUT2D eigenvalue weighted by molar-refractivity contribution is 0.0777. The molecule has 0 aliphatic carbocycles. The van der Waals surface area contributed by atoms with E-state index >= 15 is 0 Å². The normalized spacial score (nSPS) is 18.6. The Balaban J connectivity index is 0.00000169. The summed E-state index contributed by atoms with van der Waals surface area (Å²) in [5.74, 6) is 0.786. The molecule has 0 spiro atoms. The van der Waals surface area contributed by atoms with Crippen LogP contribution in [0, 0.1) is 5.41 Å². The van der Waals surface area contributed by atoms with Crippen LogP contribution in [0.3, 0.4) is 0 Å². The largest absolute Gasteiger partial charge is 0.487 e. The number of pyridine rings is 1. The quantitative estimate of drug-likeness (QED) is 0.839. The molecule has 1 unspecified atom stereocenters. The molecule has 0 bridgehead atoms. The number of halogens is 2. The molecule has 2 N–H and O–H groups in total. The number of benzene rings is 1. The van der Waals surface area contributed by atoms with Crippen LogP contribution < -0.4 is 10.5 Å². The van der Waals surface area contributed by atoms with Crippen LogP contribution in [0.25, 0.3) is 0 Å². The van der Waals surface area contributed by atoms with Gasteiger partial charge < -0.3 is 15.4 Å². The fraction of sp³-hybridized carbons (Fsp3) is 0.368. The van der Waals surface area contributed by atoms with Gasteiger partial charge in [-0.3, -0.25) is 9.78 Å². The summed E-state index contributed by atoms with van der Waals surface area (Å²) in [6, 6.07) is 13.0. The number of nitrogens with two attached hydrogens (primary N) is 1. The first-order valence-corrected chi connectivity index (χ1v) is 8.22. The monoisotopic (exact) mass is 397 g/mol. The third-order valence-corrected chi connectivity index (χ3v) is 4.55. The lowest BCUT2D eigenvalue weighted by Gasteiger charge is -2.22. The van der Waals surface area contributed by atoms with E-state index in [0.717, 1.165) is 31.0 Å². The number of hydrogen-bond acceptors (Lipinski definition) is 4. The van der Waals surface area contributed by atoms with Gasteiger partial charge >= 0.3 is 0 Å². The summed E-state index contributed by atoms with van der Waals surface area (Å²) in [4.78, 5) is 18.7. The number of carbonyl (C=O) groups is 1. The Bertz CT molecular complexity index is 698. The highest BCUT2D eigenvalue weighted by atomic mass is 35.5. The molecule has 1 aromatic carbocycles. The van der Waals surface area contributed by atoms with E-state index in [9.17, 15) is 4.79 Å². The first-order chi connectivity index (χ1) is 11.6. The smallest absolute Gasteiger partial charge is 0.253 e. The second-order valence-corrected chi connectivity index (χ2v) is 6.63. The van der Waals surface area contributed by atoms with Crippen LogP contribution in [-0.4, -0.2) is 35.4 Å². The number of ether oxygens (including phenoxy) is 1. The Morgan fingerprint density at radius 2 is 1.96 bits per heavy atom. The van der Waals surface area contributed by atoms with Crippen LogP contribution >= 0.6 is 24.8 Å². The number of carbonyl (C=O) groups excluding carboxylic acids is 1. The van der Waals surface area contributed by atoms with Gasteiger partial charge in [0, 0.05) is 24.8 Å². The highest BCUT2D eigenvalue weighted by molar-refractivity contribution is 5.94. The Hall–Kier alpha value is -1.82. The molecular formula is C19H25Cl2N3O2. The van der Waals surface area contributed by atoms with Crippen LogP contribution in [0.15, 0.2) is 48.7 Å². The molecule has 1 aromatic heterocycles. The maximum atomic E-state index is 12.6. The van der Waals surface area contributed by atoms with Gasteiger partial charge in [-0.1, -0.05) is 13.0 Å². The zero-order chi connectivity index (χ0) is 17.0. The van der Waals surface area contributed by atoms with E-state index in [1.807, 2.05) is 47.4 Å². The lowest BCUT2D eigenvalue weighted by Crippen LogP contribution is -2.34. The predicted molar refractivity (Wildman–Crippen MR) is 107 cm³/mol. The van der Waals surface area contributed by atoms with Crippen molar-refractivity contribution in [1.82, 2.24) is 9.88 Å². The number of aromatic nitrogens is 1. The average molecular weight is 398 g/mol. The molecule has 142 valence electrons. The summed E-state index contributed by atoms with van der Waals surface area (Å²) in [5.41, 5.74) is 7.41. The Labute approximate surface area is 166 Å². The lowest BCUT2D eigenvalue weighted by atomic mass is 9.90. The van der Waals surface area contributed by atoms with E-state index in [1.165, 1.54) is 0 Å². The molecule has 0 saturated carbocycles. The molecule has 3 rings (SSSR count). The van der Waals surface area contributed by atoms with Crippen molar-refractivity contribution < 1.29 is 9.53 Å². The van der Waals surface area contributed by atoms with Gasteiger partial charge in [-0.15, -0.1) is 24.8 Å². The first-order valence-electron chi connectivity index (χ1n) is 8.22. The van der Waals surface area contributed by atoms with E-state index in [1.54, 1.807) is 6.20 Å². The van der Waals surface area contributed by atoms with Gasteiger partial charge in [0.25, 0.3) is 5.91 Å². The van der Waals surface area contributed by atoms with Crippen molar-refractivity contribution >= 4 is 30.7 Å². The summed E-state index contributed by atoms with van der Waals surface area (Å²) in [6.07, 6.45) is 2.70. The minimum atomic E-state index is 0. The molecule has 1 amide bonds. The molecular weight excluding hydrogens is 373 g/mol. The second-order valence-electron chi connectivity index (χ2n) is 6.63. The first kappa shape index (κ1) is 22.2. The third-order valence-electron chi connectivity index (χ3n) is 4.55. The van der Waals surface area contributed by atoms with E-state index < -0.39 is 0 Å². The van der Waals surface area contributed by atoms with Gasteiger partial charge in [0.1, 0.15) is 12.4 Å². The van der Waals surface area contributed by atoms with E-state index in [4.69, 9.17) is 10.5 Å². The molecule has 5 nitrogen and oxygen atoms in total. The van der Waals surface area contributed by atoms with E-state index in [2.05, 4.69) is 11.9 Å². The Morgan fingerprint density at radius 3 is 2.54 bits per heavy atom. The van der Waals surface area contributed by atoms with Gasteiger partial charge in [-0.05, 0) is 54.8 Å². The molecule has 2 aromatic rings. The molecule has 7 heteroatoms. The van der Waals surface area contributed by atoms with Crippen molar-refractivity contribution in [2.45, 2.75) is 20.0 Å². The van der Waals surface area contributed by atoms with Crippen molar-refractivity contribution in [3.05, 3.63) is 59.9 Å². The van der Waals surface area contributed by atoms with Crippen molar-refractivity contribution in [1.29, 1.82) is 0 Å². The maximum absolute atomic E-state index is 12.6. The van der Waals surface area contributed by atoms with Gasteiger partial charge in [-0.2, -0.15) is 0 Å². The molecule has 1 fully saturated rings. The summed E-state index contributed by atoms with van der Waals surface area (Å²) < 4.78 is 5.70. The number of hydrogen-bond donors (Lipinski definition) is 1. The molecule has 1 aliphatic rings. The number of rotatable bonds is 5. The van der Waals surface area contributed by atoms with E-state index in [-0.39, 0.29) is 36.1 Å². The minimum Gasteiger partial charge on any atom is -0.487 e. The van der Waals surface area contributed by atoms with Crippen LogP contribution in [0.4, 0.5) is 0 Å². The van der Waals surface area contributed by atoms with Crippen LogP contribution in [-0.2, 0) is 6.61 Å². The highest BCUT2D eigenvalue weighted by Gasteiger charge is 2.35. The fourth-order valence-corrected chi connectivity index (χ4v) is 2.88. The van der Waals surface area contributed by atoms with Crippen molar-refractivity contribution in [2.75, 3.05) is 19.6 Å². The minimum absolute atomic E-state index is 0. The van der Waals surface area contributed by atoms with Crippen molar-refractivity contribution in [3.8, 4) is 5.75 Å². The topological polar surface area (TPSA) is 68.5 Å². The summed E-state index contributed by atoms with van der Waals surface area (Å²) in [7, 11) is 0. The standard InChI is InChI=1S/C19H23N3O2.2ClH/c1-19(13-20)9-11-22(14-19)18(23)15-5-7-17(8-6-15)24-12-16-4-2-3-10-21-16;;/h2-8,10H,9,11-14,20H2,1H3;2*1H. The average Bonchev–Trinajstić information content (AvgIpc) is 3.04. The summed E-state index contributed by atoms with van der Waals surface area (Å²) in [6.45, 7) is 4.64. The molecule has 1 atom stereocenters. The summed E-state index contributed by atoms with van der Waals surface area (Å²) in [5, 5.41) is 0. The zero-order valence-corrected chi connectivity index (χ0v) is 16.4. The van der Waals surface area contributed by atoms with Crippen molar-refractivity contribution in [2.24, 2.45) is 11.1 Å². The number of likely N-dealkylation sites (tertiary alicyclic amines) is 1. The van der Waals surface area contributed by atoms with Crippen LogP contribution in [0.5, 0.6) is 5.75 Å². The Kier molecular flexibility index (Phi) is 8.34. The molecule has 1 saturated heterocycles. The SMILES string of the molecule is CC1(CN)CCN(C(=O)c2ccc(OCc3ccccn3)cc2)C1.Cl.Cl. The van der Waals surface area contributed by atoms with Gasteiger partial charge in [0.2, 0.25) is 0 Å². The summed E-state index contributed by atoms with van der Waals surface area (Å²) >= 11 is 0. The molecule has 2 heterocycles. The Morgan fingerprint density at radius 1 is 1.23 bits per heavy atom. The third kappa shape index (κ3) is 5.34. The van der Waals surface area contributed by atoms with Crippen LogP contribution in [0.2, 0.25) is 0 Å². The van der Waals surface area contributed by atoms with Crippen LogP contribution in [0.1, 0.15) is 29.4 Å². The maximum Gasteiger partial charge on any atom is 0.253 e. The van der Waals surface area contributed by atoms with Gasteiger partial charge in [0.05, 0.1) is 5.69 Å². The molecule has 1 aliphatic heterocycles. The molecule has 0 radical (unpaired) electrons. The second kappa shape index (κ2) is 9.76. The fourth-order valence-electron chi connectivity index (χ4n) is 2.88. The van der Waals surface area contributed by atoms with Gasteiger partial charge in [-0.25, -0.2) is 0 Å². The predicted octanol–water partition coefficient (Wildman–Crippen LogP) is 3.32. The number of nitrogens with zero attached hydrogens (tertiary/aromatic N) is 2.